The number of rotatable bonds is 5. The lowest BCUT2D eigenvalue weighted by molar-refractivity contribution is 0.0917. The van der Waals surface area contributed by atoms with Crippen LogP contribution in [0.1, 0.15) is 52.8 Å². The summed E-state index contributed by atoms with van der Waals surface area (Å²) in [5.41, 5.74) is 1.74. The van der Waals surface area contributed by atoms with E-state index in [0.29, 0.717) is 11.7 Å². The van der Waals surface area contributed by atoms with Gasteiger partial charge < -0.3 is 5.32 Å². The molecule has 0 atom stereocenters. The molecule has 1 aliphatic carbocycles. The van der Waals surface area contributed by atoms with E-state index in [9.17, 15) is 4.79 Å². The molecule has 134 valence electrons. The van der Waals surface area contributed by atoms with Crippen LogP contribution in [0.5, 0.6) is 0 Å². The summed E-state index contributed by atoms with van der Waals surface area (Å²) in [5.74, 6) is -0.0650. The third kappa shape index (κ3) is 3.99. The predicted molar refractivity (Wildman–Crippen MR) is 100 cm³/mol. The molecule has 1 aliphatic rings. The summed E-state index contributed by atoms with van der Waals surface area (Å²) < 4.78 is 1.92. The number of nitrogens with one attached hydrogen (secondary N) is 1. The molecular formula is C19H21N5OS. The van der Waals surface area contributed by atoms with E-state index in [2.05, 4.69) is 32.5 Å². The van der Waals surface area contributed by atoms with Crippen molar-refractivity contribution < 1.29 is 4.79 Å². The van der Waals surface area contributed by atoms with Gasteiger partial charge in [-0.1, -0.05) is 30.3 Å². The molecule has 1 fully saturated rings. The summed E-state index contributed by atoms with van der Waals surface area (Å²) in [6, 6.07) is 10.8. The van der Waals surface area contributed by atoms with Gasteiger partial charge in [0.05, 0.1) is 11.0 Å². The van der Waals surface area contributed by atoms with E-state index >= 15 is 0 Å². The Bertz CT molecular complexity index is 838. The molecule has 7 heteroatoms. The Morgan fingerprint density at radius 1 is 1.19 bits per heavy atom. The minimum atomic E-state index is -0.0650. The predicted octanol–water partition coefficient (Wildman–Crippen LogP) is 3.24. The number of carbonyl (C=O) groups excluding carboxylic acids is 1. The molecule has 26 heavy (non-hydrogen) atoms. The molecule has 6 nitrogen and oxygen atoms in total. The van der Waals surface area contributed by atoms with E-state index in [1.807, 2.05) is 28.3 Å². The van der Waals surface area contributed by atoms with Gasteiger partial charge >= 0.3 is 0 Å². The highest BCUT2D eigenvalue weighted by molar-refractivity contribution is 7.09. The van der Waals surface area contributed by atoms with E-state index < -0.39 is 0 Å². The minimum Gasteiger partial charge on any atom is -0.348 e. The van der Waals surface area contributed by atoms with Gasteiger partial charge in [0.15, 0.2) is 0 Å². The van der Waals surface area contributed by atoms with Crippen LogP contribution in [0.25, 0.3) is 0 Å². The van der Waals surface area contributed by atoms with Crippen molar-refractivity contribution in [2.75, 3.05) is 0 Å². The standard InChI is InChI=1S/C19H21N5OS/c25-19(17-11-26-18(23-17)10-14-4-2-1-3-5-14)22-15-6-8-16(9-7-15)24-13-20-12-21-24/h1-5,11-13,15-16H,6-10H2,(H,22,25). The average molecular weight is 367 g/mol. The number of aromatic nitrogens is 4. The van der Waals surface area contributed by atoms with Gasteiger partial charge in [-0.3, -0.25) is 4.79 Å². The van der Waals surface area contributed by atoms with E-state index in [0.717, 1.165) is 37.1 Å². The van der Waals surface area contributed by atoms with Crippen LogP contribution in [-0.4, -0.2) is 31.7 Å². The largest absolute Gasteiger partial charge is 0.348 e. The Hall–Kier alpha value is -2.54. The molecule has 0 radical (unpaired) electrons. The highest BCUT2D eigenvalue weighted by Crippen LogP contribution is 2.27. The number of hydrogen-bond acceptors (Lipinski definition) is 5. The van der Waals surface area contributed by atoms with Crippen LogP contribution in [-0.2, 0) is 6.42 Å². The fraction of sp³-hybridized carbons (Fsp3) is 0.368. The van der Waals surface area contributed by atoms with Crippen LogP contribution >= 0.6 is 11.3 Å². The molecule has 0 unspecified atom stereocenters. The molecule has 1 amide bonds. The van der Waals surface area contributed by atoms with Gasteiger partial charge in [-0.25, -0.2) is 14.6 Å². The van der Waals surface area contributed by atoms with Gasteiger partial charge in [0.1, 0.15) is 18.3 Å². The molecule has 1 aromatic carbocycles. The zero-order valence-corrected chi connectivity index (χ0v) is 15.2. The van der Waals surface area contributed by atoms with Crippen molar-refractivity contribution >= 4 is 17.2 Å². The van der Waals surface area contributed by atoms with Gasteiger partial charge in [-0.2, -0.15) is 5.10 Å². The van der Waals surface area contributed by atoms with Crippen molar-refractivity contribution in [1.82, 2.24) is 25.1 Å². The Balaban J connectivity index is 1.30. The number of thiazole rings is 1. The molecule has 0 saturated heterocycles. The van der Waals surface area contributed by atoms with E-state index in [1.54, 1.807) is 24.0 Å². The molecule has 0 bridgehead atoms. The molecule has 4 rings (SSSR count). The average Bonchev–Trinajstić information content (AvgIpc) is 3.35. The number of amides is 1. The maximum absolute atomic E-state index is 12.5. The first-order valence-corrected chi connectivity index (χ1v) is 9.79. The fourth-order valence-electron chi connectivity index (χ4n) is 3.42. The monoisotopic (exact) mass is 367 g/mol. The van der Waals surface area contributed by atoms with Crippen LogP contribution in [0.4, 0.5) is 0 Å². The Morgan fingerprint density at radius 2 is 2.00 bits per heavy atom. The maximum Gasteiger partial charge on any atom is 0.270 e. The highest BCUT2D eigenvalue weighted by Gasteiger charge is 2.24. The zero-order valence-electron chi connectivity index (χ0n) is 14.4. The van der Waals surface area contributed by atoms with Crippen molar-refractivity contribution in [3.05, 3.63) is 64.6 Å². The quantitative estimate of drug-likeness (QED) is 0.751. The summed E-state index contributed by atoms with van der Waals surface area (Å²) in [7, 11) is 0. The molecule has 1 N–H and O–H groups in total. The van der Waals surface area contributed by atoms with Gasteiger partial charge in [-0.15, -0.1) is 11.3 Å². The van der Waals surface area contributed by atoms with Crippen LogP contribution < -0.4 is 5.32 Å². The highest BCUT2D eigenvalue weighted by atomic mass is 32.1. The summed E-state index contributed by atoms with van der Waals surface area (Å²) in [4.78, 5) is 21.0. The summed E-state index contributed by atoms with van der Waals surface area (Å²) in [6.07, 6.45) is 8.03. The van der Waals surface area contributed by atoms with Crippen LogP contribution in [0.15, 0.2) is 48.4 Å². The minimum absolute atomic E-state index is 0.0650. The number of benzene rings is 1. The van der Waals surface area contributed by atoms with E-state index in [1.165, 1.54) is 5.56 Å². The number of hydrogen-bond donors (Lipinski definition) is 1. The van der Waals surface area contributed by atoms with Crippen molar-refractivity contribution in [3.8, 4) is 0 Å². The SMILES string of the molecule is O=C(NC1CCC(n2cncn2)CC1)c1csc(Cc2ccccc2)n1. The van der Waals surface area contributed by atoms with Gasteiger partial charge in [0.2, 0.25) is 0 Å². The normalized spacial score (nSPS) is 20.0. The van der Waals surface area contributed by atoms with Crippen LogP contribution in [0, 0.1) is 0 Å². The molecule has 2 aromatic heterocycles. The smallest absolute Gasteiger partial charge is 0.270 e. The van der Waals surface area contributed by atoms with E-state index in [4.69, 9.17) is 0 Å². The lowest BCUT2D eigenvalue weighted by Gasteiger charge is -2.28. The summed E-state index contributed by atoms with van der Waals surface area (Å²) in [6.45, 7) is 0. The lowest BCUT2D eigenvalue weighted by Crippen LogP contribution is -2.38. The first kappa shape index (κ1) is 16.9. The van der Waals surface area contributed by atoms with Gasteiger partial charge in [0.25, 0.3) is 5.91 Å². The molecule has 0 aliphatic heterocycles. The Kier molecular flexibility index (Phi) is 5.06. The molecule has 2 heterocycles. The van der Waals surface area contributed by atoms with Crippen molar-refractivity contribution in [2.45, 2.75) is 44.2 Å². The van der Waals surface area contributed by atoms with Gasteiger partial charge in [-0.05, 0) is 31.2 Å². The van der Waals surface area contributed by atoms with Crippen molar-refractivity contribution in [2.24, 2.45) is 0 Å². The summed E-state index contributed by atoms with van der Waals surface area (Å²) >= 11 is 1.54. The van der Waals surface area contributed by atoms with Crippen LogP contribution in [0.2, 0.25) is 0 Å². The number of carbonyl (C=O) groups is 1. The second-order valence-corrected chi connectivity index (χ2v) is 7.59. The second-order valence-electron chi connectivity index (χ2n) is 6.64. The number of nitrogens with zero attached hydrogens (tertiary/aromatic N) is 4. The molecule has 1 saturated carbocycles. The summed E-state index contributed by atoms with van der Waals surface area (Å²) in [5, 5.41) is 10.2. The third-order valence-corrected chi connectivity index (χ3v) is 5.67. The van der Waals surface area contributed by atoms with E-state index in [-0.39, 0.29) is 11.9 Å². The molecular weight excluding hydrogens is 346 g/mol. The Morgan fingerprint density at radius 3 is 2.73 bits per heavy atom. The second kappa shape index (κ2) is 7.78. The van der Waals surface area contributed by atoms with Crippen molar-refractivity contribution in [3.63, 3.8) is 0 Å². The van der Waals surface area contributed by atoms with Crippen LogP contribution in [0.3, 0.4) is 0 Å². The maximum atomic E-state index is 12.5. The first-order valence-electron chi connectivity index (χ1n) is 8.91. The van der Waals surface area contributed by atoms with Gasteiger partial charge in [0, 0.05) is 17.8 Å². The van der Waals surface area contributed by atoms with Crippen molar-refractivity contribution in [1.29, 1.82) is 0 Å². The molecule has 0 spiro atoms. The zero-order chi connectivity index (χ0) is 17.8. The molecule has 3 aromatic rings. The first-order chi connectivity index (χ1) is 12.8. The lowest BCUT2D eigenvalue weighted by atomic mass is 9.91. The third-order valence-electron chi connectivity index (χ3n) is 4.83. The fourth-order valence-corrected chi connectivity index (χ4v) is 4.23. The topological polar surface area (TPSA) is 72.7 Å². The Labute approximate surface area is 156 Å².